The molecular formula is C28H32N4O6. The summed E-state index contributed by atoms with van der Waals surface area (Å²) < 4.78 is 9.54. The monoisotopic (exact) mass is 520 g/mol. The third-order valence-corrected chi connectivity index (χ3v) is 6.75. The zero-order valence-electron chi connectivity index (χ0n) is 21.5. The van der Waals surface area contributed by atoms with Gasteiger partial charge in [-0.3, -0.25) is 19.4 Å². The van der Waals surface area contributed by atoms with Gasteiger partial charge in [0, 0.05) is 24.5 Å². The fourth-order valence-corrected chi connectivity index (χ4v) is 4.75. The van der Waals surface area contributed by atoms with Gasteiger partial charge in [-0.2, -0.15) is 0 Å². The molecule has 4 rings (SSSR count). The number of ether oxygens (including phenoxy) is 2. The number of rotatable bonds is 6. The predicted octanol–water partition coefficient (Wildman–Crippen LogP) is 4.20. The van der Waals surface area contributed by atoms with Crippen molar-refractivity contribution < 1.29 is 28.7 Å². The second kappa shape index (κ2) is 12.3. The summed E-state index contributed by atoms with van der Waals surface area (Å²) in [7, 11) is 2.62. The number of nitrogens with zero attached hydrogens (tertiary/aromatic N) is 2. The number of hydrogen-bond acceptors (Lipinski definition) is 6. The number of hydrogen-bond donors (Lipinski definition) is 2. The summed E-state index contributed by atoms with van der Waals surface area (Å²) in [6.07, 6.45) is 5.66. The van der Waals surface area contributed by atoms with Crippen molar-refractivity contribution in [1.82, 2.24) is 9.80 Å². The molecule has 2 aliphatic heterocycles. The minimum absolute atomic E-state index is 0.227. The number of benzene rings is 2. The molecule has 2 aromatic carbocycles. The molecule has 0 bridgehead atoms. The molecule has 10 nitrogen and oxygen atoms in total. The van der Waals surface area contributed by atoms with Gasteiger partial charge >= 0.3 is 12.2 Å². The molecule has 2 fully saturated rings. The van der Waals surface area contributed by atoms with Crippen LogP contribution < -0.4 is 10.6 Å². The van der Waals surface area contributed by atoms with Gasteiger partial charge in [0.15, 0.2) is 0 Å². The van der Waals surface area contributed by atoms with Crippen molar-refractivity contribution in [2.45, 2.75) is 37.8 Å². The first-order valence-corrected chi connectivity index (χ1v) is 12.6. The van der Waals surface area contributed by atoms with Crippen LogP contribution in [-0.2, 0) is 19.1 Å². The standard InChI is InChI=1S/C28H32N4O6/c1-37-27(35)31-17-3-5-23(31)25(33)29-21-13-9-19(10-14-21)7-8-20-11-15-22(16-12-20)30-26(34)24-6-4-18-32(24)28(36)38-2/h7-16,23-24H,3-6,17-18H2,1-2H3,(H,29,33)(H,30,34)/b8-7+/t23-,24-/m0/s1. The Labute approximate surface area is 221 Å². The molecule has 38 heavy (non-hydrogen) atoms. The third-order valence-electron chi connectivity index (χ3n) is 6.75. The van der Waals surface area contributed by atoms with Crippen LogP contribution in [0.15, 0.2) is 48.5 Å². The Morgan fingerprint density at radius 1 is 0.684 bits per heavy atom. The second-order valence-corrected chi connectivity index (χ2v) is 9.20. The molecule has 2 aliphatic rings. The smallest absolute Gasteiger partial charge is 0.410 e. The van der Waals surface area contributed by atoms with Gasteiger partial charge in [-0.05, 0) is 61.1 Å². The summed E-state index contributed by atoms with van der Waals surface area (Å²) >= 11 is 0. The molecule has 0 radical (unpaired) electrons. The summed E-state index contributed by atoms with van der Waals surface area (Å²) in [5.74, 6) is -0.455. The summed E-state index contributed by atoms with van der Waals surface area (Å²) in [6.45, 7) is 1.02. The van der Waals surface area contributed by atoms with Gasteiger partial charge in [-0.15, -0.1) is 0 Å². The van der Waals surface area contributed by atoms with Crippen LogP contribution in [0.3, 0.4) is 0 Å². The molecule has 200 valence electrons. The molecule has 2 aromatic rings. The highest BCUT2D eigenvalue weighted by Crippen LogP contribution is 2.22. The molecule has 0 aliphatic carbocycles. The lowest BCUT2D eigenvalue weighted by atomic mass is 10.1. The lowest BCUT2D eigenvalue weighted by Gasteiger charge is -2.22. The molecule has 2 N–H and O–H groups in total. The first-order valence-electron chi connectivity index (χ1n) is 12.6. The van der Waals surface area contributed by atoms with Crippen molar-refractivity contribution in [3.8, 4) is 0 Å². The molecule has 0 saturated carbocycles. The van der Waals surface area contributed by atoms with Gasteiger partial charge in [-0.25, -0.2) is 9.59 Å². The Hall–Kier alpha value is -4.34. The first kappa shape index (κ1) is 26.7. The van der Waals surface area contributed by atoms with Crippen LogP contribution >= 0.6 is 0 Å². The third kappa shape index (κ3) is 6.31. The average molecular weight is 521 g/mol. The topological polar surface area (TPSA) is 117 Å². The van der Waals surface area contributed by atoms with Crippen molar-refractivity contribution in [2.75, 3.05) is 37.9 Å². The number of carbonyl (C=O) groups is 4. The maximum absolute atomic E-state index is 12.6. The van der Waals surface area contributed by atoms with Gasteiger partial charge in [0.05, 0.1) is 14.2 Å². The summed E-state index contributed by atoms with van der Waals surface area (Å²) in [5, 5.41) is 5.74. The highest BCUT2D eigenvalue weighted by molar-refractivity contribution is 5.97. The fraction of sp³-hybridized carbons (Fsp3) is 0.357. The maximum Gasteiger partial charge on any atom is 0.410 e. The molecule has 0 aromatic heterocycles. The molecule has 0 spiro atoms. The minimum Gasteiger partial charge on any atom is -0.453 e. The lowest BCUT2D eigenvalue weighted by Crippen LogP contribution is -2.43. The Balaban J connectivity index is 1.30. The summed E-state index contributed by atoms with van der Waals surface area (Å²) in [6, 6.07) is 13.8. The van der Waals surface area contributed by atoms with Crippen molar-refractivity contribution in [2.24, 2.45) is 0 Å². The number of carbonyl (C=O) groups excluding carboxylic acids is 4. The highest BCUT2D eigenvalue weighted by Gasteiger charge is 2.35. The SMILES string of the molecule is COC(=O)N1CCC[C@H]1C(=O)Nc1ccc(/C=C/c2ccc(NC(=O)[C@@H]3CCCN3C(=O)OC)cc2)cc1. The van der Waals surface area contributed by atoms with Crippen LogP contribution in [0.5, 0.6) is 0 Å². The van der Waals surface area contributed by atoms with Crippen molar-refractivity contribution >= 4 is 47.5 Å². The van der Waals surface area contributed by atoms with E-state index >= 15 is 0 Å². The van der Waals surface area contributed by atoms with E-state index in [1.54, 1.807) is 0 Å². The van der Waals surface area contributed by atoms with Gasteiger partial charge < -0.3 is 20.1 Å². The van der Waals surface area contributed by atoms with Crippen LogP contribution in [0.25, 0.3) is 12.2 Å². The fourth-order valence-electron chi connectivity index (χ4n) is 4.75. The van der Waals surface area contributed by atoms with E-state index < -0.39 is 24.3 Å². The molecule has 4 amide bonds. The zero-order valence-corrected chi connectivity index (χ0v) is 21.5. The van der Waals surface area contributed by atoms with E-state index in [0.29, 0.717) is 37.3 Å². The number of amides is 4. The van der Waals surface area contributed by atoms with Crippen molar-refractivity contribution in [3.05, 3.63) is 59.7 Å². The van der Waals surface area contributed by atoms with Gasteiger partial charge in [0.1, 0.15) is 12.1 Å². The minimum atomic E-state index is -0.528. The van der Waals surface area contributed by atoms with Crippen LogP contribution in [0.2, 0.25) is 0 Å². The lowest BCUT2D eigenvalue weighted by molar-refractivity contribution is -0.120. The van der Waals surface area contributed by atoms with E-state index in [1.807, 2.05) is 60.7 Å². The number of anilines is 2. The largest absolute Gasteiger partial charge is 0.453 e. The molecule has 10 heteroatoms. The maximum atomic E-state index is 12.6. The van der Waals surface area contributed by atoms with E-state index in [-0.39, 0.29) is 11.8 Å². The normalized spacial score (nSPS) is 18.9. The molecule has 2 atom stereocenters. The van der Waals surface area contributed by atoms with E-state index in [9.17, 15) is 19.2 Å². The predicted molar refractivity (Wildman–Crippen MR) is 143 cm³/mol. The zero-order chi connectivity index (χ0) is 27.1. The molecule has 2 heterocycles. The Morgan fingerprint density at radius 2 is 1.05 bits per heavy atom. The van der Waals surface area contributed by atoms with Crippen molar-refractivity contribution in [3.63, 3.8) is 0 Å². The average Bonchev–Trinajstić information content (AvgIpc) is 3.63. The first-order chi connectivity index (χ1) is 18.4. The van der Waals surface area contributed by atoms with E-state index in [2.05, 4.69) is 10.6 Å². The molecule has 0 unspecified atom stereocenters. The van der Waals surface area contributed by atoms with E-state index in [4.69, 9.17) is 9.47 Å². The Morgan fingerprint density at radius 3 is 1.39 bits per heavy atom. The van der Waals surface area contributed by atoms with E-state index in [1.165, 1.54) is 24.0 Å². The van der Waals surface area contributed by atoms with Gasteiger partial charge in [0.25, 0.3) is 0 Å². The number of nitrogens with one attached hydrogen (secondary N) is 2. The van der Waals surface area contributed by atoms with Crippen LogP contribution in [-0.4, -0.2) is 73.2 Å². The van der Waals surface area contributed by atoms with Gasteiger partial charge in [0.2, 0.25) is 11.8 Å². The van der Waals surface area contributed by atoms with Crippen molar-refractivity contribution in [1.29, 1.82) is 0 Å². The van der Waals surface area contributed by atoms with Crippen LogP contribution in [0.4, 0.5) is 21.0 Å². The number of methoxy groups -OCH3 is 2. The Kier molecular flexibility index (Phi) is 8.62. The van der Waals surface area contributed by atoms with Crippen LogP contribution in [0.1, 0.15) is 36.8 Å². The number of likely N-dealkylation sites (tertiary alicyclic amines) is 2. The Bertz CT molecular complexity index is 1100. The highest BCUT2D eigenvalue weighted by atomic mass is 16.5. The van der Waals surface area contributed by atoms with E-state index in [0.717, 1.165) is 24.0 Å². The quantitative estimate of drug-likeness (QED) is 0.552. The molecular weight excluding hydrogens is 488 g/mol. The van der Waals surface area contributed by atoms with Crippen LogP contribution in [0, 0.1) is 0 Å². The van der Waals surface area contributed by atoms with Gasteiger partial charge in [-0.1, -0.05) is 36.4 Å². The summed E-state index contributed by atoms with van der Waals surface area (Å²) in [4.78, 5) is 51.9. The summed E-state index contributed by atoms with van der Waals surface area (Å²) in [5.41, 5.74) is 3.19. The molecule has 2 saturated heterocycles. The second-order valence-electron chi connectivity index (χ2n) is 9.20.